The molecule has 0 aliphatic rings. The lowest BCUT2D eigenvalue weighted by atomic mass is 10.3. The van der Waals surface area contributed by atoms with Crippen LogP contribution in [0.4, 0.5) is 0 Å². The summed E-state index contributed by atoms with van der Waals surface area (Å²) in [5.74, 6) is 0. The van der Waals surface area contributed by atoms with Crippen molar-refractivity contribution in [3.8, 4) is 0 Å². The zero-order valence-corrected chi connectivity index (χ0v) is 7.86. The lowest BCUT2D eigenvalue weighted by Crippen LogP contribution is -1.81. The molecule has 3 nitrogen and oxygen atoms in total. The number of hydrogen-bond acceptors (Lipinski definition) is 2. The van der Waals surface area contributed by atoms with Crippen molar-refractivity contribution < 1.29 is 0 Å². The molecule has 0 heterocycles. The van der Waals surface area contributed by atoms with Crippen LogP contribution in [0.2, 0.25) is 0 Å². The Morgan fingerprint density at radius 3 is 2.58 bits per heavy atom. The van der Waals surface area contributed by atoms with E-state index in [9.17, 15) is 0 Å². The van der Waals surface area contributed by atoms with Gasteiger partial charge < -0.3 is 0 Å². The maximum atomic E-state index is 4.14. The number of nitrogens with zero attached hydrogens (tertiary/aromatic N) is 3. The highest BCUT2D eigenvalue weighted by Gasteiger charge is 1.85. The van der Waals surface area contributed by atoms with E-state index in [0.29, 0.717) is 0 Å². The molecule has 0 aromatic rings. The Hall–Kier alpha value is -1.25. The van der Waals surface area contributed by atoms with Crippen molar-refractivity contribution in [3.63, 3.8) is 0 Å². The lowest BCUT2D eigenvalue weighted by molar-refractivity contribution is 1.21. The average Bonchev–Trinajstić information content (AvgIpc) is 2.10. The van der Waals surface area contributed by atoms with E-state index in [1.165, 1.54) is 6.34 Å². The summed E-state index contributed by atoms with van der Waals surface area (Å²) < 4.78 is 0. The highest BCUT2D eigenvalue weighted by Crippen LogP contribution is 1.98. The van der Waals surface area contributed by atoms with Gasteiger partial charge in [-0.2, -0.15) is 0 Å². The second-order valence-corrected chi connectivity index (χ2v) is 2.08. The number of allylic oxidation sites excluding steroid dienone is 2. The first-order chi connectivity index (χ1) is 5.85. The van der Waals surface area contributed by atoms with Gasteiger partial charge >= 0.3 is 0 Å². The summed E-state index contributed by atoms with van der Waals surface area (Å²) in [4.78, 5) is 11.8. The van der Waals surface area contributed by atoms with Crippen molar-refractivity contribution >= 4 is 18.8 Å². The third-order valence-corrected chi connectivity index (χ3v) is 1.22. The first-order valence-electron chi connectivity index (χ1n) is 3.91. The normalized spacial score (nSPS) is 14.1. The second kappa shape index (κ2) is 7.85. The maximum Gasteiger partial charge on any atom is 0.109 e. The Morgan fingerprint density at radius 1 is 1.33 bits per heavy atom. The van der Waals surface area contributed by atoms with Crippen LogP contribution in [-0.4, -0.2) is 25.8 Å². The van der Waals surface area contributed by atoms with Crippen LogP contribution in [0.25, 0.3) is 0 Å². The van der Waals surface area contributed by atoms with Crippen LogP contribution in [-0.2, 0) is 0 Å². The van der Waals surface area contributed by atoms with Crippen molar-refractivity contribution in [3.05, 3.63) is 11.8 Å². The second-order valence-electron chi connectivity index (χ2n) is 2.08. The van der Waals surface area contributed by atoms with Crippen LogP contribution in [0.15, 0.2) is 26.8 Å². The minimum absolute atomic E-state index is 0.757. The van der Waals surface area contributed by atoms with E-state index in [2.05, 4.69) is 15.0 Å². The molecule has 0 atom stereocenters. The van der Waals surface area contributed by atoms with Crippen LogP contribution in [0.5, 0.6) is 0 Å². The molecule has 66 valence electrons. The summed E-state index contributed by atoms with van der Waals surface area (Å²) in [5, 5.41) is 0. The van der Waals surface area contributed by atoms with Crippen molar-refractivity contribution in [1.82, 2.24) is 0 Å². The molecule has 0 saturated heterocycles. The van der Waals surface area contributed by atoms with E-state index in [-0.39, 0.29) is 0 Å². The molecule has 0 fully saturated rings. The summed E-state index contributed by atoms with van der Waals surface area (Å²) >= 11 is 0. The van der Waals surface area contributed by atoms with E-state index in [0.717, 1.165) is 12.1 Å². The Labute approximate surface area is 73.7 Å². The van der Waals surface area contributed by atoms with Crippen molar-refractivity contribution in [2.45, 2.75) is 20.3 Å². The molecule has 0 aliphatic carbocycles. The molecular formula is C9H15N3. The van der Waals surface area contributed by atoms with Gasteiger partial charge in [-0.25, -0.2) is 4.99 Å². The van der Waals surface area contributed by atoms with Gasteiger partial charge in [-0.05, 0) is 13.8 Å². The van der Waals surface area contributed by atoms with E-state index in [1.807, 2.05) is 19.9 Å². The first kappa shape index (κ1) is 10.8. The number of aliphatic imine (C=N–C) groups is 3. The van der Waals surface area contributed by atoms with Gasteiger partial charge in [0.15, 0.2) is 0 Å². The van der Waals surface area contributed by atoms with Crippen molar-refractivity contribution in [2.24, 2.45) is 15.0 Å². The van der Waals surface area contributed by atoms with Gasteiger partial charge in [0, 0.05) is 31.6 Å². The molecule has 0 rings (SSSR count). The predicted molar refractivity (Wildman–Crippen MR) is 55.4 cm³/mol. The fraction of sp³-hybridized carbons (Fsp3) is 0.444. The first-order valence-corrected chi connectivity index (χ1v) is 3.91. The van der Waals surface area contributed by atoms with Crippen LogP contribution in [0, 0.1) is 0 Å². The number of rotatable bonds is 4. The molecule has 0 aromatic carbocycles. The molecule has 0 radical (unpaired) electrons. The molecule has 0 amide bonds. The monoisotopic (exact) mass is 165 g/mol. The predicted octanol–water partition coefficient (Wildman–Crippen LogP) is 2.10. The third-order valence-electron chi connectivity index (χ3n) is 1.22. The standard InChI is InChI=1S/C9H15N3/c1-4-9(12-5-2)6-7-11-8-10-3/h4-5,7-8H,6H2,1-3H3/b9-4-,10-8?,11-7?,12-5?. The number of hydrogen-bond donors (Lipinski definition) is 0. The van der Waals surface area contributed by atoms with Crippen LogP contribution < -0.4 is 0 Å². The molecule has 0 bridgehead atoms. The van der Waals surface area contributed by atoms with Gasteiger partial charge in [-0.15, -0.1) is 0 Å². The molecule has 0 N–H and O–H groups in total. The summed E-state index contributed by atoms with van der Waals surface area (Å²) in [7, 11) is 1.69. The van der Waals surface area contributed by atoms with E-state index < -0.39 is 0 Å². The summed E-state index contributed by atoms with van der Waals surface area (Å²) in [6.45, 7) is 3.86. The minimum atomic E-state index is 0.757. The Balaban J connectivity index is 3.89. The largest absolute Gasteiger partial charge is 0.277 e. The molecule has 0 saturated carbocycles. The van der Waals surface area contributed by atoms with Gasteiger partial charge in [-0.1, -0.05) is 6.08 Å². The molecule has 0 unspecified atom stereocenters. The lowest BCUT2D eigenvalue weighted by Gasteiger charge is -1.91. The highest BCUT2D eigenvalue weighted by molar-refractivity contribution is 5.74. The molecule has 3 heteroatoms. The highest BCUT2D eigenvalue weighted by atomic mass is 14.8. The summed E-state index contributed by atoms with van der Waals surface area (Å²) in [6.07, 6.45) is 7.80. The molecule has 0 spiro atoms. The van der Waals surface area contributed by atoms with Crippen LogP contribution >= 0.6 is 0 Å². The Morgan fingerprint density at radius 2 is 2.08 bits per heavy atom. The third kappa shape index (κ3) is 5.53. The van der Waals surface area contributed by atoms with E-state index >= 15 is 0 Å². The zero-order chi connectivity index (χ0) is 9.23. The average molecular weight is 165 g/mol. The van der Waals surface area contributed by atoms with E-state index in [1.54, 1.807) is 19.5 Å². The summed E-state index contributed by atoms with van der Waals surface area (Å²) in [5.41, 5.74) is 1.02. The Kier molecular flexibility index (Phi) is 7.03. The molecule has 0 aliphatic heterocycles. The Bertz CT molecular complexity index is 212. The fourth-order valence-electron chi connectivity index (χ4n) is 0.671. The fourth-order valence-corrected chi connectivity index (χ4v) is 0.671. The SMILES string of the molecule is CC=N/C(=C\C)CC=NC=NC. The van der Waals surface area contributed by atoms with Crippen molar-refractivity contribution in [2.75, 3.05) is 7.05 Å². The van der Waals surface area contributed by atoms with Crippen LogP contribution in [0.3, 0.4) is 0 Å². The molecule has 12 heavy (non-hydrogen) atoms. The zero-order valence-electron chi connectivity index (χ0n) is 7.86. The quantitative estimate of drug-likeness (QED) is 0.452. The smallest absolute Gasteiger partial charge is 0.109 e. The van der Waals surface area contributed by atoms with E-state index in [4.69, 9.17) is 0 Å². The van der Waals surface area contributed by atoms with Gasteiger partial charge in [-0.3, -0.25) is 9.98 Å². The van der Waals surface area contributed by atoms with Crippen LogP contribution in [0.1, 0.15) is 20.3 Å². The molecular weight excluding hydrogens is 150 g/mol. The molecule has 0 aromatic heterocycles. The minimum Gasteiger partial charge on any atom is -0.277 e. The van der Waals surface area contributed by atoms with Gasteiger partial charge in [0.2, 0.25) is 0 Å². The van der Waals surface area contributed by atoms with Crippen molar-refractivity contribution in [1.29, 1.82) is 0 Å². The summed E-state index contributed by atoms with van der Waals surface area (Å²) in [6, 6.07) is 0. The van der Waals surface area contributed by atoms with Gasteiger partial charge in [0.1, 0.15) is 6.34 Å². The van der Waals surface area contributed by atoms with Gasteiger partial charge in [0.25, 0.3) is 0 Å². The van der Waals surface area contributed by atoms with Gasteiger partial charge in [0.05, 0.1) is 0 Å². The topological polar surface area (TPSA) is 37.1 Å². The maximum absolute atomic E-state index is 4.14.